The molecule has 0 saturated carbocycles. The fourth-order valence-corrected chi connectivity index (χ4v) is 2.61. The zero-order chi connectivity index (χ0) is 13.1. The van der Waals surface area contributed by atoms with Gasteiger partial charge in [-0.25, -0.2) is 4.98 Å². The van der Waals surface area contributed by atoms with Gasteiger partial charge in [-0.2, -0.15) is 0 Å². The lowest BCUT2D eigenvalue weighted by Crippen LogP contribution is -2.48. The first-order valence-electron chi connectivity index (χ1n) is 6.19. The van der Waals surface area contributed by atoms with Crippen molar-refractivity contribution in [3.63, 3.8) is 0 Å². The molecule has 1 amide bonds. The highest BCUT2D eigenvalue weighted by Gasteiger charge is 2.18. The summed E-state index contributed by atoms with van der Waals surface area (Å²) in [6, 6.07) is 5.66. The van der Waals surface area contributed by atoms with Gasteiger partial charge in [0.2, 0.25) is 0 Å². The second-order valence-corrected chi connectivity index (χ2v) is 5.51. The van der Waals surface area contributed by atoms with E-state index in [0.717, 1.165) is 30.3 Å². The number of hydrogen-bond donors (Lipinski definition) is 2. The van der Waals surface area contributed by atoms with Crippen molar-refractivity contribution in [2.75, 3.05) is 19.6 Å². The van der Waals surface area contributed by atoms with Gasteiger partial charge in [0.05, 0.1) is 11.9 Å². The molecule has 1 saturated heterocycles. The quantitative estimate of drug-likeness (QED) is 0.888. The van der Waals surface area contributed by atoms with Crippen molar-refractivity contribution in [3.8, 4) is 10.7 Å². The zero-order valence-electron chi connectivity index (χ0n) is 11.1. The Hall–Kier alpha value is -1.21. The van der Waals surface area contributed by atoms with Crippen LogP contribution in [-0.2, 0) is 0 Å². The van der Waals surface area contributed by atoms with Crippen LogP contribution < -0.4 is 10.6 Å². The lowest BCUT2D eigenvalue weighted by Gasteiger charge is -2.26. The summed E-state index contributed by atoms with van der Waals surface area (Å²) in [5.74, 6) is 0.513. The minimum atomic E-state index is -0.0495. The van der Waals surface area contributed by atoms with E-state index in [1.165, 1.54) is 11.3 Å². The largest absolute Gasteiger partial charge is 0.351 e. The number of aromatic nitrogens is 2. The molecule has 0 aromatic carbocycles. The van der Waals surface area contributed by atoms with Crippen molar-refractivity contribution in [2.24, 2.45) is 5.92 Å². The van der Waals surface area contributed by atoms with Gasteiger partial charge in [0, 0.05) is 31.7 Å². The van der Waals surface area contributed by atoms with Crippen molar-refractivity contribution >= 4 is 42.1 Å². The number of carbonyl (C=O) groups is 1. The molecule has 21 heavy (non-hydrogen) atoms. The molecule has 2 aromatic heterocycles. The smallest absolute Gasteiger partial charge is 0.263 e. The van der Waals surface area contributed by atoms with Gasteiger partial charge >= 0.3 is 0 Å². The number of thiazole rings is 1. The van der Waals surface area contributed by atoms with Crippen LogP contribution in [0.3, 0.4) is 0 Å². The van der Waals surface area contributed by atoms with E-state index in [9.17, 15) is 4.79 Å². The molecule has 2 N–H and O–H groups in total. The summed E-state index contributed by atoms with van der Waals surface area (Å²) in [6.45, 7) is 2.70. The molecule has 0 atom stereocenters. The zero-order valence-corrected chi connectivity index (χ0v) is 13.6. The maximum atomic E-state index is 12.0. The normalized spacial score (nSPS) is 13.5. The molecule has 1 fully saturated rings. The van der Waals surface area contributed by atoms with E-state index < -0.39 is 0 Å². The molecular formula is C13H16Cl2N4OS. The number of halogens is 2. The van der Waals surface area contributed by atoms with Gasteiger partial charge in [-0.15, -0.1) is 36.2 Å². The van der Waals surface area contributed by atoms with E-state index in [0.29, 0.717) is 10.8 Å². The van der Waals surface area contributed by atoms with Gasteiger partial charge in [0.25, 0.3) is 5.91 Å². The lowest BCUT2D eigenvalue weighted by molar-refractivity contribution is 0.0946. The molecule has 3 heterocycles. The molecule has 0 spiro atoms. The minimum Gasteiger partial charge on any atom is -0.351 e. The van der Waals surface area contributed by atoms with E-state index in [1.807, 2.05) is 18.2 Å². The summed E-state index contributed by atoms with van der Waals surface area (Å²) in [4.78, 5) is 21.1. The van der Waals surface area contributed by atoms with Gasteiger partial charge in [-0.05, 0) is 12.1 Å². The summed E-state index contributed by atoms with van der Waals surface area (Å²) in [7, 11) is 0. The monoisotopic (exact) mass is 346 g/mol. The van der Waals surface area contributed by atoms with E-state index in [1.54, 1.807) is 12.4 Å². The van der Waals surface area contributed by atoms with Crippen LogP contribution in [0.2, 0.25) is 0 Å². The van der Waals surface area contributed by atoms with Crippen LogP contribution in [0.5, 0.6) is 0 Å². The lowest BCUT2D eigenvalue weighted by atomic mass is 10.0. The first kappa shape index (κ1) is 17.8. The van der Waals surface area contributed by atoms with E-state index >= 15 is 0 Å². The summed E-state index contributed by atoms with van der Waals surface area (Å²) >= 11 is 1.37. The number of amides is 1. The second-order valence-electron chi connectivity index (χ2n) is 4.48. The first-order valence-corrected chi connectivity index (χ1v) is 7.01. The van der Waals surface area contributed by atoms with Crippen LogP contribution in [0.4, 0.5) is 0 Å². The predicted octanol–water partition coefficient (Wildman–Crippen LogP) is 2.00. The summed E-state index contributed by atoms with van der Waals surface area (Å²) in [5, 5.41) is 6.89. The van der Waals surface area contributed by atoms with Crippen LogP contribution in [0, 0.1) is 5.92 Å². The number of rotatable bonds is 4. The molecule has 1 aliphatic heterocycles. The molecule has 1 aliphatic rings. The van der Waals surface area contributed by atoms with Crippen molar-refractivity contribution in [1.29, 1.82) is 0 Å². The van der Waals surface area contributed by atoms with Gasteiger partial charge in [0.1, 0.15) is 9.88 Å². The molecule has 8 heteroatoms. The first-order chi connectivity index (χ1) is 9.33. The third-order valence-electron chi connectivity index (χ3n) is 3.03. The fraction of sp³-hybridized carbons (Fsp3) is 0.308. The Kier molecular flexibility index (Phi) is 7.04. The Balaban J connectivity index is 0.00000110. The molecular weight excluding hydrogens is 331 g/mol. The highest BCUT2D eigenvalue weighted by molar-refractivity contribution is 7.16. The van der Waals surface area contributed by atoms with Crippen molar-refractivity contribution in [1.82, 2.24) is 20.6 Å². The number of pyridine rings is 1. The topological polar surface area (TPSA) is 66.9 Å². The van der Waals surface area contributed by atoms with Crippen LogP contribution in [0.1, 0.15) is 9.67 Å². The van der Waals surface area contributed by atoms with Crippen molar-refractivity contribution < 1.29 is 4.79 Å². The molecule has 0 bridgehead atoms. The maximum absolute atomic E-state index is 12.0. The van der Waals surface area contributed by atoms with E-state index in [4.69, 9.17) is 0 Å². The Morgan fingerprint density at radius 1 is 1.33 bits per heavy atom. The maximum Gasteiger partial charge on any atom is 0.263 e. The molecule has 2 aromatic rings. The van der Waals surface area contributed by atoms with E-state index in [2.05, 4.69) is 20.6 Å². The molecule has 114 valence electrons. The van der Waals surface area contributed by atoms with Crippen LogP contribution >= 0.6 is 36.2 Å². The Morgan fingerprint density at radius 3 is 2.76 bits per heavy atom. The molecule has 5 nitrogen and oxygen atoms in total. The number of hydrogen-bond acceptors (Lipinski definition) is 5. The van der Waals surface area contributed by atoms with Crippen LogP contribution in [-0.4, -0.2) is 35.5 Å². The van der Waals surface area contributed by atoms with E-state index in [-0.39, 0.29) is 30.7 Å². The molecule has 3 rings (SSSR count). The van der Waals surface area contributed by atoms with Gasteiger partial charge in [0.15, 0.2) is 0 Å². The second kappa shape index (κ2) is 8.29. The highest BCUT2D eigenvalue weighted by atomic mass is 35.5. The van der Waals surface area contributed by atoms with Crippen LogP contribution in [0.15, 0.2) is 30.6 Å². The van der Waals surface area contributed by atoms with Gasteiger partial charge in [-0.3, -0.25) is 9.78 Å². The standard InChI is InChI=1S/C13H14N4OS.2ClH/c18-12(16-7-9-5-14-6-9)11-8-17-13(19-11)10-3-1-2-4-15-10;;/h1-4,8-9,14H,5-7H2,(H,16,18);2*1H. The molecule has 0 radical (unpaired) electrons. The number of nitrogens with one attached hydrogen (secondary N) is 2. The average Bonchev–Trinajstić information content (AvgIpc) is 2.87. The van der Waals surface area contributed by atoms with Crippen molar-refractivity contribution in [3.05, 3.63) is 35.5 Å². The van der Waals surface area contributed by atoms with Crippen LogP contribution in [0.25, 0.3) is 10.7 Å². The Bertz CT molecular complexity index is 575. The van der Waals surface area contributed by atoms with Gasteiger partial charge < -0.3 is 10.6 Å². The van der Waals surface area contributed by atoms with Gasteiger partial charge in [-0.1, -0.05) is 6.07 Å². The predicted molar refractivity (Wildman–Crippen MR) is 88.5 cm³/mol. The number of carbonyl (C=O) groups excluding carboxylic acids is 1. The highest BCUT2D eigenvalue weighted by Crippen LogP contribution is 2.22. The summed E-state index contributed by atoms with van der Waals surface area (Å²) < 4.78 is 0. The minimum absolute atomic E-state index is 0. The summed E-state index contributed by atoms with van der Waals surface area (Å²) in [6.07, 6.45) is 3.34. The molecule has 0 unspecified atom stereocenters. The number of nitrogens with zero attached hydrogens (tertiary/aromatic N) is 2. The average molecular weight is 347 g/mol. The third kappa shape index (κ3) is 4.38. The molecule has 0 aliphatic carbocycles. The summed E-state index contributed by atoms with van der Waals surface area (Å²) in [5.41, 5.74) is 0.801. The SMILES string of the molecule is Cl.Cl.O=C(NCC1CNC1)c1cnc(-c2ccccn2)s1. The fourth-order valence-electron chi connectivity index (χ4n) is 1.80. The van der Waals surface area contributed by atoms with Crippen molar-refractivity contribution in [2.45, 2.75) is 0 Å². The Morgan fingerprint density at radius 2 is 2.14 bits per heavy atom. The third-order valence-corrected chi connectivity index (χ3v) is 4.05. The Labute approximate surface area is 139 Å².